The van der Waals surface area contributed by atoms with Gasteiger partial charge in [-0.15, -0.1) is 0 Å². The topological polar surface area (TPSA) is 124 Å². The molecular weight excluding hydrogens is 683 g/mol. The summed E-state index contributed by atoms with van der Waals surface area (Å²) in [5.74, 6) is 0.213. The van der Waals surface area contributed by atoms with Gasteiger partial charge in [-0.3, -0.25) is 13.9 Å². The van der Waals surface area contributed by atoms with E-state index in [9.17, 15) is 18.0 Å². The zero-order valence-corrected chi connectivity index (χ0v) is 30.9. The highest BCUT2D eigenvalue weighted by Crippen LogP contribution is 2.38. The minimum absolute atomic E-state index is 0.00354. The fraction of sp³-hybridized carbons (Fsp3) is 0.350. The van der Waals surface area contributed by atoms with Crippen molar-refractivity contribution in [2.24, 2.45) is 0 Å². The number of methoxy groups -OCH3 is 4. The Morgan fingerprint density at radius 2 is 1.35 bits per heavy atom. The third kappa shape index (κ3) is 9.16. The molecule has 0 bridgehead atoms. The first-order chi connectivity index (χ1) is 25.2. The van der Waals surface area contributed by atoms with Crippen LogP contribution in [0.4, 0.5) is 5.69 Å². The number of rotatable bonds is 16. The van der Waals surface area contributed by atoms with E-state index >= 15 is 0 Å². The molecule has 5 rings (SSSR count). The number of carbonyl (C=O) groups is 2. The quantitative estimate of drug-likeness (QED) is 0.149. The van der Waals surface area contributed by atoms with E-state index in [4.69, 9.17) is 18.9 Å². The summed E-state index contributed by atoms with van der Waals surface area (Å²) in [6.45, 7) is -0.593. The van der Waals surface area contributed by atoms with E-state index in [0.717, 1.165) is 47.5 Å². The molecule has 0 aromatic heterocycles. The van der Waals surface area contributed by atoms with Gasteiger partial charge in [-0.1, -0.05) is 79.9 Å². The molecule has 0 radical (unpaired) electrons. The Morgan fingerprint density at radius 3 is 1.96 bits per heavy atom. The fourth-order valence-corrected chi connectivity index (χ4v) is 7.92. The Balaban J connectivity index is 1.62. The van der Waals surface area contributed by atoms with Gasteiger partial charge in [-0.2, -0.15) is 0 Å². The molecule has 1 atom stereocenters. The summed E-state index contributed by atoms with van der Waals surface area (Å²) >= 11 is 0. The van der Waals surface area contributed by atoms with Gasteiger partial charge in [0.05, 0.1) is 39.0 Å². The first-order valence-electron chi connectivity index (χ1n) is 17.3. The van der Waals surface area contributed by atoms with E-state index in [0.29, 0.717) is 11.5 Å². The maximum atomic E-state index is 14.9. The van der Waals surface area contributed by atoms with Gasteiger partial charge in [-0.05, 0) is 48.2 Å². The summed E-state index contributed by atoms with van der Waals surface area (Å²) in [6.07, 6.45) is 5.12. The van der Waals surface area contributed by atoms with Crippen LogP contribution in [0.1, 0.15) is 43.2 Å². The second-order valence-corrected chi connectivity index (χ2v) is 14.5. The fourth-order valence-electron chi connectivity index (χ4n) is 6.49. The van der Waals surface area contributed by atoms with Crippen molar-refractivity contribution in [1.29, 1.82) is 0 Å². The van der Waals surface area contributed by atoms with Gasteiger partial charge >= 0.3 is 0 Å². The van der Waals surface area contributed by atoms with Gasteiger partial charge in [0.1, 0.15) is 24.1 Å². The van der Waals surface area contributed by atoms with Crippen LogP contribution in [0.25, 0.3) is 0 Å². The van der Waals surface area contributed by atoms with Crippen LogP contribution in [0.2, 0.25) is 0 Å². The lowest BCUT2D eigenvalue weighted by molar-refractivity contribution is -0.140. The number of hydrogen-bond donors (Lipinski definition) is 1. The van der Waals surface area contributed by atoms with Gasteiger partial charge in [0.25, 0.3) is 10.0 Å². The highest BCUT2D eigenvalue weighted by atomic mass is 32.2. The Kier molecular flexibility index (Phi) is 13.0. The predicted molar refractivity (Wildman–Crippen MR) is 200 cm³/mol. The van der Waals surface area contributed by atoms with E-state index < -0.39 is 28.5 Å². The van der Waals surface area contributed by atoms with Crippen LogP contribution in [-0.4, -0.2) is 72.2 Å². The molecule has 2 amide bonds. The number of sulfonamides is 1. The normalized spacial score (nSPS) is 13.8. The van der Waals surface area contributed by atoms with Crippen LogP contribution < -0.4 is 28.6 Å². The smallest absolute Gasteiger partial charge is 0.265 e. The molecule has 1 aliphatic carbocycles. The molecular formula is C40H47N3O8S. The van der Waals surface area contributed by atoms with Gasteiger partial charge in [0.2, 0.25) is 11.8 Å². The van der Waals surface area contributed by atoms with Crippen molar-refractivity contribution in [3.05, 3.63) is 108 Å². The van der Waals surface area contributed by atoms with Gasteiger partial charge in [-0.25, -0.2) is 8.42 Å². The number of anilines is 1. The average molecular weight is 730 g/mol. The number of carbonyl (C=O) groups excluding carboxylic acids is 2. The van der Waals surface area contributed by atoms with Crippen molar-refractivity contribution >= 4 is 27.5 Å². The zero-order chi connectivity index (χ0) is 37.1. The highest BCUT2D eigenvalue weighted by Gasteiger charge is 2.37. The maximum Gasteiger partial charge on any atom is 0.265 e. The summed E-state index contributed by atoms with van der Waals surface area (Å²) in [4.78, 5) is 30.6. The van der Waals surface area contributed by atoms with Crippen LogP contribution >= 0.6 is 0 Å². The van der Waals surface area contributed by atoms with Crippen molar-refractivity contribution in [3.63, 3.8) is 0 Å². The molecule has 0 unspecified atom stereocenters. The van der Waals surface area contributed by atoms with E-state index in [1.807, 2.05) is 60.7 Å². The number of ether oxygens (including phenoxy) is 4. The van der Waals surface area contributed by atoms with Gasteiger partial charge < -0.3 is 29.2 Å². The second-order valence-electron chi connectivity index (χ2n) is 12.6. The maximum absolute atomic E-state index is 14.9. The van der Waals surface area contributed by atoms with Crippen molar-refractivity contribution in [1.82, 2.24) is 10.2 Å². The number of amides is 2. The van der Waals surface area contributed by atoms with E-state index in [1.165, 1.54) is 57.6 Å². The van der Waals surface area contributed by atoms with Crippen LogP contribution in [0.15, 0.2) is 102 Å². The molecule has 12 heteroatoms. The van der Waals surface area contributed by atoms with Crippen LogP contribution in [0.3, 0.4) is 0 Å². The van der Waals surface area contributed by atoms with E-state index in [-0.39, 0.29) is 47.0 Å². The SMILES string of the molecule is COc1ccc(OC)c(N(CC(=O)N(Cc2ccccc2)[C@H](Cc2ccccc2)C(=O)NC2CCCCC2)S(=O)(=O)c2ccc(OC)c(OC)c2)c1. The monoisotopic (exact) mass is 729 g/mol. The van der Waals surface area contributed by atoms with Gasteiger partial charge in [0.15, 0.2) is 11.5 Å². The number of nitrogens with zero attached hydrogens (tertiary/aromatic N) is 2. The molecule has 4 aromatic carbocycles. The number of benzene rings is 4. The van der Waals surface area contributed by atoms with E-state index in [2.05, 4.69) is 5.32 Å². The van der Waals surface area contributed by atoms with E-state index in [1.54, 1.807) is 12.1 Å². The molecule has 1 aliphatic rings. The molecule has 0 aliphatic heterocycles. The first kappa shape index (κ1) is 38.0. The van der Waals surface area contributed by atoms with Crippen molar-refractivity contribution in [3.8, 4) is 23.0 Å². The van der Waals surface area contributed by atoms with Crippen molar-refractivity contribution in [2.75, 3.05) is 39.3 Å². The minimum Gasteiger partial charge on any atom is -0.497 e. The van der Waals surface area contributed by atoms with Gasteiger partial charge in [0, 0.05) is 31.1 Å². The number of hydrogen-bond acceptors (Lipinski definition) is 8. The van der Waals surface area contributed by atoms with Crippen LogP contribution in [0, 0.1) is 0 Å². The van der Waals surface area contributed by atoms with Crippen LogP contribution in [-0.2, 0) is 32.6 Å². The molecule has 11 nitrogen and oxygen atoms in total. The largest absolute Gasteiger partial charge is 0.497 e. The summed E-state index contributed by atoms with van der Waals surface area (Å²) in [5.41, 5.74) is 1.73. The lowest BCUT2D eigenvalue weighted by atomic mass is 9.94. The Hall–Kier alpha value is -5.23. The third-order valence-electron chi connectivity index (χ3n) is 9.29. The molecule has 276 valence electrons. The molecule has 1 N–H and O–H groups in total. The summed E-state index contributed by atoms with van der Waals surface area (Å²) < 4.78 is 52.3. The lowest BCUT2D eigenvalue weighted by Crippen LogP contribution is -2.55. The lowest BCUT2D eigenvalue weighted by Gasteiger charge is -2.35. The Bertz CT molecular complexity index is 1900. The zero-order valence-electron chi connectivity index (χ0n) is 30.1. The molecule has 1 saturated carbocycles. The summed E-state index contributed by atoms with van der Waals surface area (Å²) in [6, 6.07) is 26.8. The Morgan fingerprint density at radius 1 is 0.731 bits per heavy atom. The molecule has 0 saturated heterocycles. The predicted octanol–water partition coefficient (Wildman–Crippen LogP) is 6.01. The summed E-state index contributed by atoms with van der Waals surface area (Å²) in [7, 11) is 1.26. The molecule has 4 aromatic rings. The molecule has 0 heterocycles. The number of nitrogens with one attached hydrogen (secondary N) is 1. The Labute approximate surface area is 306 Å². The summed E-state index contributed by atoms with van der Waals surface area (Å²) in [5, 5.41) is 3.23. The van der Waals surface area contributed by atoms with Crippen LogP contribution in [0.5, 0.6) is 23.0 Å². The molecule has 1 fully saturated rings. The molecule has 52 heavy (non-hydrogen) atoms. The standard InChI is InChI=1S/C40H47N3O8S/c1-48-32-20-22-36(49-2)34(25-32)43(52(46,47)33-21-23-37(50-3)38(26-33)51-4)28-39(44)42(27-30-16-10-6-11-17-30)35(24-29-14-8-5-9-15-29)40(45)41-31-18-12-7-13-19-31/h5-6,8-11,14-17,20-23,25-26,31,35H,7,12-13,18-19,24,27-28H2,1-4H3,(H,41,45)/t35-/m1/s1. The third-order valence-corrected chi connectivity index (χ3v) is 11.1. The first-order valence-corrected chi connectivity index (χ1v) is 18.8. The van der Waals surface area contributed by atoms with Crippen molar-refractivity contribution < 1.29 is 37.0 Å². The minimum atomic E-state index is -4.48. The highest BCUT2D eigenvalue weighted by molar-refractivity contribution is 7.92. The molecule has 0 spiro atoms. The average Bonchev–Trinajstić information content (AvgIpc) is 3.18. The van der Waals surface area contributed by atoms with Crippen molar-refractivity contribution in [2.45, 2.75) is 62.0 Å². The second kappa shape index (κ2) is 17.8.